The Morgan fingerprint density at radius 3 is 2.28 bits per heavy atom. The highest BCUT2D eigenvalue weighted by Crippen LogP contribution is 2.55. The molecule has 8 nitrogen and oxygen atoms in total. The number of aryl methyl sites for hydroxylation is 1. The molecule has 0 spiro atoms. The fraction of sp³-hybridized carbons (Fsp3) is 0.714. The molecule has 0 aromatic carbocycles. The predicted molar refractivity (Wildman–Crippen MR) is 103 cm³/mol. The van der Waals surface area contributed by atoms with E-state index >= 15 is 0 Å². The third-order valence-corrected chi connectivity index (χ3v) is 6.62. The standard InChI is InChI=1S/C21H29N3O5/c1-11(2)18-17(12(3)24-29-18)19(26)28-10-16(25)22-20(27)23-21-7-13-4-14(8-21)6-15(5-13)9-21/h11,13-15H,4-10H2,1-3H3,(H2,22,23,25,27). The summed E-state index contributed by atoms with van der Waals surface area (Å²) in [6.45, 7) is 4.86. The van der Waals surface area contributed by atoms with Crippen LogP contribution in [0.25, 0.3) is 0 Å². The van der Waals surface area contributed by atoms with Gasteiger partial charge in [-0.15, -0.1) is 0 Å². The number of ether oxygens (including phenoxy) is 1. The lowest BCUT2D eigenvalue weighted by Crippen LogP contribution is -2.62. The van der Waals surface area contributed by atoms with Crippen LogP contribution in [0.4, 0.5) is 4.79 Å². The smallest absolute Gasteiger partial charge is 0.344 e. The van der Waals surface area contributed by atoms with Gasteiger partial charge in [0.25, 0.3) is 5.91 Å². The average Bonchev–Trinajstić information content (AvgIpc) is 2.99. The van der Waals surface area contributed by atoms with Gasteiger partial charge in [0.15, 0.2) is 12.4 Å². The minimum atomic E-state index is -0.677. The summed E-state index contributed by atoms with van der Waals surface area (Å²) >= 11 is 0. The van der Waals surface area contributed by atoms with Crippen LogP contribution in [0, 0.1) is 24.7 Å². The van der Waals surface area contributed by atoms with Gasteiger partial charge in [-0.25, -0.2) is 9.59 Å². The number of urea groups is 1. The van der Waals surface area contributed by atoms with Gasteiger partial charge in [-0.3, -0.25) is 10.1 Å². The summed E-state index contributed by atoms with van der Waals surface area (Å²) in [6.07, 6.45) is 6.83. The van der Waals surface area contributed by atoms with Gasteiger partial charge >= 0.3 is 12.0 Å². The molecule has 2 N–H and O–H groups in total. The van der Waals surface area contributed by atoms with Crippen molar-refractivity contribution in [2.75, 3.05) is 6.61 Å². The Morgan fingerprint density at radius 1 is 1.14 bits per heavy atom. The Kier molecular flexibility index (Phi) is 5.12. The first-order chi connectivity index (χ1) is 13.7. The van der Waals surface area contributed by atoms with Crippen molar-refractivity contribution in [3.05, 3.63) is 17.0 Å². The molecular formula is C21H29N3O5. The SMILES string of the molecule is Cc1noc(C(C)C)c1C(=O)OCC(=O)NC(=O)NC12CC3CC(CC(C3)C1)C2. The number of esters is 1. The molecule has 3 amide bonds. The van der Waals surface area contributed by atoms with E-state index in [0.717, 1.165) is 19.3 Å². The number of hydrogen-bond acceptors (Lipinski definition) is 6. The van der Waals surface area contributed by atoms with E-state index in [1.807, 2.05) is 13.8 Å². The number of hydrogen-bond donors (Lipinski definition) is 2. The number of carbonyl (C=O) groups excluding carboxylic acids is 3. The monoisotopic (exact) mass is 403 g/mol. The zero-order valence-electron chi connectivity index (χ0n) is 17.2. The highest BCUT2D eigenvalue weighted by Gasteiger charge is 2.51. The summed E-state index contributed by atoms with van der Waals surface area (Å²) in [4.78, 5) is 36.9. The van der Waals surface area contributed by atoms with Crippen molar-refractivity contribution in [3.8, 4) is 0 Å². The highest BCUT2D eigenvalue weighted by molar-refractivity contribution is 5.97. The van der Waals surface area contributed by atoms with Gasteiger partial charge in [0.2, 0.25) is 0 Å². The van der Waals surface area contributed by atoms with Crippen LogP contribution in [-0.2, 0) is 9.53 Å². The summed E-state index contributed by atoms with van der Waals surface area (Å²) in [6, 6.07) is -0.503. The van der Waals surface area contributed by atoms with Gasteiger partial charge in [-0.2, -0.15) is 0 Å². The highest BCUT2D eigenvalue weighted by atomic mass is 16.5. The van der Waals surface area contributed by atoms with Crippen LogP contribution >= 0.6 is 0 Å². The van der Waals surface area contributed by atoms with Gasteiger partial charge in [-0.1, -0.05) is 19.0 Å². The maximum atomic E-state index is 12.4. The Bertz CT molecular complexity index is 793. The lowest BCUT2D eigenvalue weighted by atomic mass is 9.53. The Morgan fingerprint density at radius 2 is 1.72 bits per heavy atom. The van der Waals surface area contributed by atoms with Gasteiger partial charge in [0, 0.05) is 11.5 Å². The lowest BCUT2D eigenvalue weighted by molar-refractivity contribution is -0.123. The van der Waals surface area contributed by atoms with E-state index in [1.165, 1.54) is 19.3 Å². The zero-order chi connectivity index (χ0) is 20.8. The van der Waals surface area contributed by atoms with Crippen LogP contribution in [0.3, 0.4) is 0 Å². The zero-order valence-corrected chi connectivity index (χ0v) is 17.2. The largest absolute Gasteiger partial charge is 0.452 e. The number of amides is 3. The second-order valence-corrected chi connectivity index (χ2v) is 9.44. The molecule has 1 aromatic heterocycles. The number of nitrogens with one attached hydrogen (secondary N) is 2. The number of imide groups is 1. The van der Waals surface area contributed by atoms with Gasteiger partial charge in [-0.05, 0) is 63.2 Å². The molecule has 158 valence electrons. The Labute approximate surface area is 170 Å². The van der Waals surface area contributed by atoms with Gasteiger partial charge in [0.1, 0.15) is 5.56 Å². The molecule has 8 heteroatoms. The molecule has 4 aliphatic carbocycles. The van der Waals surface area contributed by atoms with E-state index in [1.54, 1.807) is 6.92 Å². The normalized spacial score (nSPS) is 29.7. The fourth-order valence-corrected chi connectivity index (χ4v) is 5.93. The van der Waals surface area contributed by atoms with E-state index in [0.29, 0.717) is 29.2 Å². The number of carbonyl (C=O) groups is 3. The van der Waals surface area contributed by atoms with E-state index < -0.39 is 24.5 Å². The first-order valence-electron chi connectivity index (χ1n) is 10.5. The molecule has 4 aliphatic rings. The van der Waals surface area contributed by atoms with Crippen LogP contribution in [0.1, 0.15) is 80.1 Å². The minimum Gasteiger partial charge on any atom is -0.452 e. The minimum absolute atomic E-state index is 0.0429. The molecule has 0 unspecified atom stereocenters. The maximum Gasteiger partial charge on any atom is 0.344 e. The van der Waals surface area contributed by atoms with E-state index in [4.69, 9.17) is 9.26 Å². The second-order valence-electron chi connectivity index (χ2n) is 9.44. The van der Waals surface area contributed by atoms with E-state index in [9.17, 15) is 14.4 Å². The average molecular weight is 403 g/mol. The summed E-state index contributed by atoms with van der Waals surface area (Å²) in [5, 5.41) is 9.17. The molecule has 0 saturated heterocycles. The topological polar surface area (TPSA) is 111 Å². The first kappa shape index (κ1) is 19.9. The van der Waals surface area contributed by atoms with Crippen molar-refractivity contribution in [1.82, 2.24) is 15.8 Å². The van der Waals surface area contributed by atoms with Crippen LogP contribution in [0.15, 0.2) is 4.52 Å². The molecule has 1 heterocycles. The molecular weight excluding hydrogens is 374 g/mol. The van der Waals surface area contributed by atoms with E-state index in [2.05, 4.69) is 15.8 Å². The van der Waals surface area contributed by atoms with E-state index in [-0.39, 0.29) is 17.0 Å². The summed E-state index contributed by atoms with van der Waals surface area (Å²) in [5.74, 6) is 1.14. The van der Waals surface area contributed by atoms with Crippen LogP contribution in [0.2, 0.25) is 0 Å². The van der Waals surface area contributed by atoms with Crippen LogP contribution < -0.4 is 10.6 Å². The quantitative estimate of drug-likeness (QED) is 0.731. The third-order valence-electron chi connectivity index (χ3n) is 6.62. The first-order valence-corrected chi connectivity index (χ1v) is 10.5. The molecule has 0 atom stereocenters. The third kappa shape index (κ3) is 4.02. The molecule has 29 heavy (non-hydrogen) atoms. The number of aromatic nitrogens is 1. The van der Waals surface area contributed by atoms with Crippen molar-refractivity contribution in [2.45, 2.75) is 70.8 Å². The molecule has 1 aromatic rings. The second kappa shape index (κ2) is 7.46. The van der Waals surface area contributed by atoms with Crippen molar-refractivity contribution in [2.24, 2.45) is 17.8 Å². The molecule has 0 radical (unpaired) electrons. The summed E-state index contributed by atoms with van der Waals surface area (Å²) < 4.78 is 10.3. The van der Waals surface area contributed by atoms with Crippen molar-refractivity contribution < 1.29 is 23.6 Å². The number of nitrogens with zero attached hydrogens (tertiary/aromatic N) is 1. The summed E-state index contributed by atoms with van der Waals surface area (Å²) in [7, 11) is 0. The molecule has 4 bridgehead atoms. The van der Waals surface area contributed by atoms with Crippen molar-refractivity contribution in [3.63, 3.8) is 0 Å². The molecule has 4 saturated carbocycles. The fourth-order valence-electron chi connectivity index (χ4n) is 5.93. The van der Waals surface area contributed by atoms with Crippen molar-refractivity contribution >= 4 is 17.9 Å². The Hall–Kier alpha value is -2.38. The summed E-state index contributed by atoms with van der Waals surface area (Å²) in [5.41, 5.74) is 0.478. The van der Waals surface area contributed by atoms with Gasteiger partial charge in [0.05, 0.1) is 5.69 Å². The maximum absolute atomic E-state index is 12.4. The molecule has 0 aliphatic heterocycles. The molecule has 5 rings (SSSR count). The Balaban J connectivity index is 1.28. The lowest BCUT2D eigenvalue weighted by Gasteiger charge is -2.56. The number of rotatable bonds is 5. The van der Waals surface area contributed by atoms with Crippen LogP contribution in [0.5, 0.6) is 0 Å². The molecule has 4 fully saturated rings. The van der Waals surface area contributed by atoms with Crippen LogP contribution in [-0.4, -0.2) is 35.2 Å². The van der Waals surface area contributed by atoms with Gasteiger partial charge < -0.3 is 14.6 Å². The van der Waals surface area contributed by atoms with Crippen molar-refractivity contribution in [1.29, 1.82) is 0 Å². The predicted octanol–water partition coefficient (Wildman–Crippen LogP) is 3.06.